The fraction of sp³-hybridized carbons (Fsp3) is 0.647. The average molecular weight is 278 g/mol. The zero-order chi connectivity index (χ0) is 14.2. The molecule has 0 radical (unpaired) electrons. The first-order chi connectivity index (χ1) is 9.83. The van der Waals surface area contributed by atoms with Crippen molar-refractivity contribution < 1.29 is 14.2 Å². The Labute approximate surface area is 122 Å². The van der Waals surface area contributed by atoms with Crippen LogP contribution in [-0.2, 0) is 9.47 Å². The number of ether oxygens (including phenoxy) is 3. The Kier molecular flexibility index (Phi) is 6.34. The van der Waals surface area contributed by atoms with E-state index in [0.717, 1.165) is 12.2 Å². The second-order valence-corrected chi connectivity index (χ2v) is 5.28. The molecule has 0 aromatic heterocycles. The van der Waals surface area contributed by atoms with Gasteiger partial charge in [0.25, 0.3) is 0 Å². The van der Waals surface area contributed by atoms with Crippen molar-refractivity contribution >= 4 is 0 Å². The predicted molar refractivity (Wildman–Crippen MR) is 80.2 cm³/mol. The summed E-state index contributed by atoms with van der Waals surface area (Å²) in [6.45, 7) is 6.28. The molecule has 1 aliphatic rings. The van der Waals surface area contributed by atoms with Crippen LogP contribution in [0.3, 0.4) is 0 Å². The molecule has 1 aliphatic heterocycles. The normalized spacial score (nSPS) is 22.7. The van der Waals surface area contributed by atoms with Crippen LogP contribution in [0.2, 0.25) is 0 Å². The zero-order valence-corrected chi connectivity index (χ0v) is 12.6. The second-order valence-electron chi connectivity index (χ2n) is 5.28. The molecule has 0 aliphatic carbocycles. The van der Waals surface area contributed by atoms with E-state index in [2.05, 4.69) is 19.1 Å². The third-order valence-electron chi connectivity index (χ3n) is 3.66. The molecule has 1 aromatic rings. The van der Waals surface area contributed by atoms with Crippen molar-refractivity contribution in [2.45, 2.75) is 51.7 Å². The van der Waals surface area contributed by atoms with E-state index in [1.165, 1.54) is 24.8 Å². The molecule has 1 aromatic carbocycles. The molecule has 1 heterocycles. The smallest absolute Gasteiger partial charge is 0.119 e. The van der Waals surface area contributed by atoms with Gasteiger partial charge in [0.1, 0.15) is 11.9 Å². The lowest BCUT2D eigenvalue weighted by atomic mass is 10.1. The second kappa shape index (κ2) is 8.28. The molecule has 0 bridgehead atoms. The van der Waals surface area contributed by atoms with Gasteiger partial charge in [-0.1, -0.05) is 38.3 Å². The Bertz CT molecular complexity index is 366. The fourth-order valence-electron chi connectivity index (χ4n) is 2.47. The standard InChI is InChI=1S/C17H26O3/c1-3-5-6-7-16-12-20-17(13-19-16)14-8-10-15(11-9-14)18-4-2/h8-11,16-17H,3-7,12-13H2,1-2H3/t16-,17-/m1/s1. The van der Waals surface area contributed by atoms with Crippen LogP contribution in [0.25, 0.3) is 0 Å². The van der Waals surface area contributed by atoms with Crippen LogP contribution in [0.1, 0.15) is 51.2 Å². The lowest BCUT2D eigenvalue weighted by Crippen LogP contribution is -2.31. The third kappa shape index (κ3) is 4.50. The Morgan fingerprint density at radius 1 is 1.05 bits per heavy atom. The summed E-state index contributed by atoms with van der Waals surface area (Å²) in [4.78, 5) is 0. The van der Waals surface area contributed by atoms with Gasteiger partial charge >= 0.3 is 0 Å². The quantitative estimate of drug-likeness (QED) is 0.702. The van der Waals surface area contributed by atoms with Gasteiger partial charge in [0.2, 0.25) is 0 Å². The molecule has 3 nitrogen and oxygen atoms in total. The maximum absolute atomic E-state index is 5.94. The molecule has 2 atom stereocenters. The molecule has 1 saturated heterocycles. The van der Waals surface area contributed by atoms with Crippen LogP contribution in [0, 0.1) is 0 Å². The molecule has 112 valence electrons. The van der Waals surface area contributed by atoms with Gasteiger partial charge in [-0.2, -0.15) is 0 Å². The van der Waals surface area contributed by atoms with E-state index in [9.17, 15) is 0 Å². The number of hydrogen-bond donors (Lipinski definition) is 0. The highest BCUT2D eigenvalue weighted by Gasteiger charge is 2.23. The van der Waals surface area contributed by atoms with Gasteiger partial charge in [-0.3, -0.25) is 0 Å². The van der Waals surface area contributed by atoms with E-state index in [1.807, 2.05) is 19.1 Å². The first-order valence-corrected chi connectivity index (χ1v) is 7.79. The topological polar surface area (TPSA) is 27.7 Å². The number of rotatable bonds is 7. The van der Waals surface area contributed by atoms with Gasteiger partial charge in [-0.05, 0) is 31.0 Å². The summed E-state index contributed by atoms with van der Waals surface area (Å²) in [6.07, 6.45) is 5.22. The van der Waals surface area contributed by atoms with E-state index in [-0.39, 0.29) is 12.2 Å². The maximum atomic E-state index is 5.94. The summed E-state index contributed by atoms with van der Waals surface area (Å²) in [6, 6.07) is 8.12. The number of unbranched alkanes of at least 4 members (excludes halogenated alkanes) is 2. The van der Waals surface area contributed by atoms with E-state index in [0.29, 0.717) is 19.8 Å². The van der Waals surface area contributed by atoms with Crippen molar-refractivity contribution in [3.63, 3.8) is 0 Å². The van der Waals surface area contributed by atoms with E-state index >= 15 is 0 Å². The molecule has 0 N–H and O–H groups in total. The highest BCUT2D eigenvalue weighted by Crippen LogP contribution is 2.26. The molecule has 0 spiro atoms. The molecule has 3 heteroatoms. The molecule has 1 fully saturated rings. The van der Waals surface area contributed by atoms with Crippen LogP contribution in [0.4, 0.5) is 0 Å². The van der Waals surface area contributed by atoms with E-state index < -0.39 is 0 Å². The Balaban J connectivity index is 1.78. The van der Waals surface area contributed by atoms with Gasteiger partial charge in [0.15, 0.2) is 0 Å². The summed E-state index contributed by atoms with van der Waals surface area (Å²) in [5.41, 5.74) is 1.17. The summed E-state index contributed by atoms with van der Waals surface area (Å²) >= 11 is 0. The molecule has 0 saturated carbocycles. The molecule has 2 rings (SSSR count). The van der Waals surface area contributed by atoms with Gasteiger partial charge < -0.3 is 14.2 Å². The van der Waals surface area contributed by atoms with Crippen molar-refractivity contribution in [1.29, 1.82) is 0 Å². The minimum atomic E-state index is 0.0631. The van der Waals surface area contributed by atoms with Crippen LogP contribution >= 0.6 is 0 Å². The first kappa shape index (κ1) is 15.3. The minimum absolute atomic E-state index is 0.0631. The maximum Gasteiger partial charge on any atom is 0.119 e. The van der Waals surface area contributed by atoms with Crippen LogP contribution in [0.15, 0.2) is 24.3 Å². The SMILES string of the molecule is CCCCC[C@@H]1CO[C@@H](c2ccc(OCC)cc2)CO1. The minimum Gasteiger partial charge on any atom is -0.494 e. The van der Waals surface area contributed by atoms with Crippen molar-refractivity contribution in [3.8, 4) is 5.75 Å². The Hall–Kier alpha value is -1.06. The average Bonchev–Trinajstić information content (AvgIpc) is 2.49. The van der Waals surface area contributed by atoms with Crippen LogP contribution < -0.4 is 4.74 Å². The molecule has 0 amide bonds. The summed E-state index contributed by atoms with van der Waals surface area (Å²) in [5, 5.41) is 0. The molecule has 20 heavy (non-hydrogen) atoms. The summed E-state index contributed by atoms with van der Waals surface area (Å²) < 4.78 is 17.3. The molecule has 0 unspecified atom stereocenters. The number of hydrogen-bond acceptors (Lipinski definition) is 3. The zero-order valence-electron chi connectivity index (χ0n) is 12.6. The van der Waals surface area contributed by atoms with Crippen molar-refractivity contribution in [2.75, 3.05) is 19.8 Å². The fourth-order valence-corrected chi connectivity index (χ4v) is 2.47. The van der Waals surface area contributed by atoms with Crippen molar-refractivity contribution in [3.05, 3.63) is 29.8 Å². The van der Waals surface area contributed by atoms with Crippen molar-refractivity contribution in [2.24, 2.45) is 0 Å². The Morgan fingerprint density at radius 3 is 2.45 bits per heavy atom. The van der Waals surface area contributed by atoms with Crippen LogP contribution in [-0.4, -0.2) is 25.9 Å². The number of benzene rings is 1. The lowest BCUT2D eigenvalue weighted by molar-refractivity contribution is -0.137. The molecular formula is C17H26O3. The highest BCUT2D eigenvalue weighted by atomic mass is 16.6. The lowest BCUT2D eigenvalue weighted by Gasteiger charge is -2.30. The summed E-state index contributed by atoms with van der Waals surface area (Å²) in [5.74, 6) is 0.908. The summed E-state index contributed by atoms with van der Waals surface area (Å²) in [7, 11) is 0. The molecular weight excluding hydrogens is 252 g/mol. The van der Waals surface area contributed by atoms with Gasteiger partial charge in [-0.15, -0.1) is 0 Å². The van der Waals surface area contributed by atoms with E-state index in [4.69, 9.17) is 14.2 Å². The largest absolute Gasteiger partial charge is 0.494 e. The van der Waals surface area contributed by atoms with Gasteiger partial charge in [-0.25, -0.2) is 0 Å². The predicted octanol–water partition coefficient (Wildman–Crippen LogP) is 4.12. The highest BCUT2D eigenvalue weighted by molar-refractivity contribution is 5.28. The van der Waals surface area contributed by atoms with Crippen molar-refractivity contribution in [1.82, 2.24) is 0 Å². The first-order valence-electron chi connectivity index (χ1n) is 7.79. The van der Waals surface area contributed by atoms with E-state index in [1.54, 1.807) is 0 Å². The van der Waals surface area contributed by atoms with Gasteiger partial charge in [0.05, 0.1) is 25.9 Å². The monoisotopic (exact) mass is 278 g/mol. The third-order valence-corrected chi connectivity index (χ3v) is 3.66. The van der Waals surface area contributed by atoms with Crippen LogP contribution in [0.5, 0.6) is 5.75 Å². The van der Waals surface area contributed by atoms with Gasteiger partial charge in [0, 0.05) is 0 Å². The Morgan fingerprint density at radius 2 is 1.85 bits per heavy atom.